The second kappa shape index (κ2) is 15.1. The van der Waals surface area contributed by atoms with Gasteiger partial charge in [-0.25, -0.2) is 14.3 Å². The van der Waals surface area contributed by atoms with Crippen LogP contribution in [0.15, 0.2) is 99.4 Å². The van der Waals surface area contributed by atoms with Crippen LogP contribution in [0.5, 0.6) is 0 Å². The van der Waals surface area contributed by atoms with Crippen molar-refractivity contribution in [3.63, 3.8) is 0 Å². The first-order valence-corrected chi connectivity index (χ1v) is 21.7. The number of hydrogen-bond donors (Lipinski definition) is 3. The topological polar surface area (TPSA) is 178 Å². The maximum Gasteiger partial charge on any atom is 0.438 e. The summed E-state index contributed by atoms with van der Waals surface area (Å²) in [6, 6.07) is 21.6. The first-order chi connectivity index (χ1) is 30.8. The molecule has 10 rings (SSSR count). The number of benzene rings is 3. The van der Waals surface area contributed by atoms with Crippen LogP contribution < -0.4 is 16.8 Å². The van der Waals surface area contributed by atoms with Gasteiger partial charge in [-0.15, -0.1) is 0 Å². The number of anilines is 1. The van der Waals surface area contributed by atoms with E-state index in [1.54, 1.807) is 34.6 Å². The molecule has 3 N–H and O–H groups in total. The number of pyridine rings is 1. The van der Waals surface area contributed by atoms with Crippen LogP contribution in [-0.2, 0) is 24.9 Å². The molecule has 0 saturated heterocycles. The van der Waals surface area contributed by atoms with Crippen molar-refractivity contribution in [3.8, 4) is 28.3 Å². The van der Waals surface area contributed by atoms with Gasteiger partial charge in [-0.2, -0.15) is 5.10 Å². The minimum atomic E-state index is -0.829. The first kappa shape index (κ1) is 40.5. The van der Waals surface area contributed by atoms with Gasteiger partial charge in [0, 0.05) is 77.7 Å². The van der Waals surface area contributed by atoms with E-state index in [1.807, 2.05) is 72.9 Å². The van der Waals surface area contributed by atoms with Crippen molar-refractivity contribution in [2.75, 3.05) is 12.4 Å². The lowest BCUT2D eigenvalue weighted by molar-refractivity contribution is 0.0643. The minimum Gasteiger partial charge on any atom is -0.388 e. The number of nitrogens with zero attached hydrogens (tertiary/aromatic N) is 8. The Morgan fingerprint density at radius 1 is 0.984 bits per heavy atom. The molecule has 3 aromatic carbocycles. The van der Waals surface area contributed by atoms with Crippen molar-refractivity contribution in [3.05, 3.63) is 157 Å². The summed E-state index contributed by atoms with van der Waals surface area (Å²) in [5.41, 5.74) is 10.8. The Labute approximate surface area is 368 Å². The van der Waals surface area contributed by atoms with Crippen molar-refractivity contribution >= 4 is 28.7 Å². The molecule has 8 aromatic rings. The van der Waals surface area contributed by atoms with Crippen molar-refractivity contribution in [2.24, 2.45) is 5.92 Å². The fraction of sp³-hybridized carbons (Fsp3) is 0.286. The summed E-state index contributed by atoms with van der Waals surface area (Å²) < 4.78 is 12.1. The number of rotatable bonds is 10. The molecule has 64 heavy (non-hydrogen) atoms. The molecular weight excluding hydrogens is 807 g/mol. The van der Waals surface area contributed by atoms with Gasteiger partial charge >= 0.3 is 11.4 Å². The molecule has 5 aromatic heterocycles. The van der Waals surface area contributed by atoms with Crippen LogP contribution >= 0.6 is 0 Å². The zero-order valence-corrected chi connectivity index (χ0v) is 36.9. The first-order valence-electron chi connectivity index (χ1n) is 21.7. The molecule has 3 atom stereocenters. The predicted molar refractivity (Wildman–Crippen MR) is 246 cm³/mol. The molecule has 1 unspecified atom stereocenters. The lowest BCUT2D eigenvalue weighted by Crippen LogP contribution is -2.44. The quantitative estimate of drug-likeness (QED) is 0.119. The molecule has 0 radical (unpaired) electrons. The average Bonchev–Trinajstić information content (AvgIpc) is 3.76. The molecule has 15 heteroatoms. The average molecular weight is 856 g/mol. The van der Waals surface area contributed by atoms with E-state index in [0.29, 0.717) is 41.4 Å². The number of aryl methyl sites for hydroxylation is 3. The molecule has 15 nitrogen and oxygen atoms in total. The number of H-pyrrole nitrogens is 1. The van der Waals surface area contributed by atoms with Gasteiger partial charge in [0.15, 0.2) is 5.82 Å². The van der Waals surface area contributed by atoms with E-state index in [0.717, 1.165) is 73.5 Å². The van der Waals surface area contributed by atoms with Gasteiger partial charge in [0.05, 0.1) is 23.6 Å². The Balaban J connectivity index is 1.13. The van der Waals surface area contributed by atoms with Crippen LogP contribution in [0, 0.1) is 32.1 Å². The summed E-state index contributed by atoms with van der Waals surface area (Å²) in [6.07, 6.45) is 8.45. The van der Waals surface area contributed by atoms with Gasteiger partial charge < -0.3 is 20.2 Å². The highest BCUT2D eigenvalue weighted by molar-refractivity contribution is 6.00. The van der Waals surface area contributed by atoms with E-state index in [2.05, 4.69) is 70.0 Å². The lowest BCUT2D eigenvalue weighted by Gasteiger charge is -2.34. The summed E-state index contributed by atoms with van der Waals surface area (Å²) in [4.78, 5) is 51.9. The largest absolute Gasteiger partial charge is 0.438 e. The Bertz CT molecular complexity index is 3300. The zero-order chi connectivity index (χ0) is 44.8. The third-order valence-corrected chi connectivity index (χ3v) is 13.3. The number of nitrogens with one attached hydrogen (secondary N) is 3. The third kappa shape index (κ3) is 6.27. The van der Waals surface area contributed by atoms with Gasteiger partial charge in [-0.05, 0) is 129 Å². The Hall–Kier alpha value is -7.55. The van der Waals surface area contributed by atoms with Crippen LogP contribution in [0.2, 0.25) is 0 Å². The normalized spacial score (nSPS) is 18.1. The number of amides is 1. The van der Waals surface area contributed by atoms with Crippen LogP contribution in [0.1, 0.15) is 82.7 Å². The van der Waals surface area contributed by atoms with E-state index in [1.165, 1.54) is 6.21 Å². The standard InChI is InChI=1S/C49H49N11O4/c1-8-39-31(6)37(13-14-52-39)32-9-12-42-33(21-32)23-43(59(42)49(24-29(49)4)46-53-47(62)64-55-46)45(61)58-26-38-41(20-30(58)5)54-60(36-18-27(2)17-28(3)19-36)44(38)57-16-15-56(48(57)63)35-10-11-40(51-7)34(22-35)25-50/h9-19,21-23,25,29-30,50-51H,8,20,24,26H2,1-7H3,(H,53,55,62)/t29-,30?,49-/m0/s1. The van der Waals surface area contributed by atoms with Gasteiger partial charge in [-0.3, -0.25) is 28.4 Å². The number of hydrogen-bond acceptors (Lipinski definition) is 9. The molecule has 2 aliphatic rings. The Kier molecular flexibility index (Phi) is 9.54. The number of carbonyl (C=O) groups excluding carboxylic acids is 1. The monoisotopic (exact) mass is 855 g/mol. The second-order valence-electron chi connectivity index (χ2n) is 17.4. The van der Waals surface area contributed by atoms with Crippen molar-refractivity contribution in [2.45, 2.75) is 78.9 Å². The third-order valence-electron chi connectivity index (χ3n) is 13.3. The molecule has 6 heterocycles. The highest BCUT2D eigenvalue weighted by Gasteiger charge is 2.59. The minimum absolute atomic E-state index is 0.0260. The van der Waals surface area contributed by atoms with E-state index >= 15 is 4.79 Å². The lowest BCUT2D eigenvalue weighted by atomic mass is 9.98. The summed E-state index contributed by atoms with van der Waals surface area (Å²) in [7, 11) is 1.79. The van der Waals surface area contributed by atoms with Gasteiger partial charge in [0.2, 0.25) is 0 Å². The summed E-state index contributed by atoms with van der Waals surface area (Å²) in [5, 5.41) is 21.4. The molecule has 1 aliphatic carbocycles. The van der Waals surface area contributed by atoms with Gasteiger partial charge in [-0.1, -0.05) is 31.1 Å². The molecule has 1 saturated carbocycles. The van der Waals surface area contributed by atoms with Crippen LogP contribution in [0.25, 0.3) is 39.2 Å². The Morgan fingerprint density at radius 3 is 2.44 bits per heavy atom. The molecule has 0 spiro atoms. The summed E-state index contributed by atoms with van der Waals surface area (Å²) in [5.74, 6) is 0.0935. The molecule has 0 bridgehead atoms. The van der Waals surface area contributed by atoms with Crippen molar-refractivity contribution in [1.29, 1.82) is 5.41 Å². The van der Waals surface area contributed by atoms with E-state index in [-0.39, 0.29) is 30.1 Å². The second-order valence-corrected chi connectivity index (χ2v) is 17.4. The molecule has 1 amide bonds. The van der Waals surface area contributed by atoms with Crippen LogP contribution in [-0.4, -0.2) is 68.7 Å². The summed E-state index contributed by atoms with van der Waals surface area (Å²) in [6.45, 7) is 12.5. The summed E-state index contributed by atoms with van der Waals surface area (Å²) >= 11 is 0. The number of imidazole rings is 1. The highest BCUT2D eigenvalue weighted by Crippen LogP contribution is 2.56. The van der Waals surface area contributed by atoms with E-state index in [4.69, 9.17) is 15.0 Å². The Morgan fingerprint density at radius 2 is 1.75 bits per heavy atom. The van der Waals surface area contributed by atoms with Crippen molar-refractivity contribution in [1.82, 2.24) is 43.5 Å². The highest BCUT2D eigenvalue weighted by atomic mass is 16.5. The molecule has 1 fully saturated rings. The maximum atomic E-state index is 15.6. The zero-order valence-electron chi connectivity index (χ0n) is 36.9. The van der Waals surface area contributed by atoms with E-state index in [9.17, 15) is 9.59 Å². The van der Waals surface area contributed by atoms with Gasteiger partial charge in [0.25, 0.3) is 5.91 Å². The van der Waals surface area contributed by atoms with Crippen LogP contribution in [0.3, 0.4) is 0 Å². The maximum absolute atomic E-state index is 15.6. The fourth-order valence-electron chi connectivity index (χ4n) is 10.0. The molecule has 1 aliphatic heterocycles. The number of aromatic amines is 1. The van der Waals surface area contributed by atoms with Crippen molar-refractivity contribution < 1.29 is 9.32 Å². The molecular formula is C49H49N11O4. The smallest absolute Gasteiger partial charge is 0.388 e. The SMILES string of the molecule is CCc1nccc(-c2ccc3c(c2)cc(C(=O)N2Cc4c(nn(-c5cc(C)cc(C)c5)c4-n4ccn(-c5ccc(NC)c(C=N)c5)c4=O)CC2C)n3[C@@]2(c3noc(=O)[nH]3)C[C@@H]2C)c1C. The predicted octanol–water partition coefficient (Wildman–Crippen LogP) is 7.40. The van der Waals surface area contributed by atoms with Crippen LogP contribution in [0.4, 0.5) is 5.69 Å². The van der Waals surface area contributed by atoms with Gasteiger partial charge in [0.1, 0.15) is 17.1 Å². The number of aromatic nitrogens is 8. The number of carbonyl (C=O) groups is 1. The van der Waals surface area contributed by atoms with E-state index < -0.39 is 11.3 Å². The fourth-order valence-corrected chi connectivity index (χ4v) is 10.0. The molecule has 324 valence electrons. The number of fused-ring (bicyclic) bond motifs is 2.